The van der Waals surface area contributed by atoms with Crippen LogP contribution in [0, 0.1) is 10.1 Å². The molecule has 0 N–H and O–H groups in total. The van der Waals surface area contributed by atoms with Crippen LogP contribution in [-0.4, -0.2) is 9.35 Å². The van der Waals surface area contributed by atoms with Crippen molar-refractivity contribution in [3.05, 3.63) is 39.9 Å². The maximum absolute atomic E-state index is 13.0. The molecule has 0 spiro atoms. The Morgan fingerprint density at radius 3 is 2.21 bits per heavy atom. The van der Waals surface area contributed by atoms with Crippen LogP contribution < -0.4 is 0 Å². The molecular weight excluding hydrogens is 307 g/mol. The molecule has 0 heterocycles. The quantitative estimate of drug-likeness (QED) is 0.372. The predicted molar refractivity (Wildman–Crippen MR) is 55.9 cm³/mol. The molecule has 1 aromatic rings. The minimum absolute atomic E-state index is 0.182. The molecule has 1 rings (SSSR count). The van der Waals surface area contributed by atoms with Gasteiger partial charge < -0.3 is 0 Å². The van der Waals surface area contributed by atoms with Crippen molar-refractivity contribution < 1.29 is 13.7 Å². The molecule has 3 nitrogen and oxygen atoms in total. The van der Waals surface area contributed by atoms with Crippen LogP contribution in [-0.2, 0) is 5.92 Å². The van der Waals surface area contributed by atoms with Crippen molar-refractivity contribution in [2.75, 3.05) is 4.43 Å². The van der Waals surface area contributed by atoms with Crippen LogP contribution in [0.1, 0.15) is 5.56 Å². The van der Waals surface area contributed by atoms with Crippen LogP contribution in [0.25, 0.3) is 0 Å². The lowest BCUT2D eigenvalue weighted by Crippen LogP contribution is -2.14. The van der Waals surface area contributed by atoms with Gasteiger partial charge in [0, 0.05) is 17.7 Å². The van der Waals surface area contributed by atoms with Gasteiger partial charge in [0.25, 0.3) is 11.6 Å². The lowest BCUT2D eigenvalue weighted by atomic mass is 10.1. The van der Waals surface area contributed by atoms with E-state index in [2.05, 4.69) is 0 Å². The normalized spacial score (nSPS) is 11.4. The van der Waals surface area contributed by atoms with Gasteiger partial charge in [-0.2, -0.15) is 0 Å². The molecule has 1 aromatic carbocycles. The average Bonchev–Trinajstić information content (AvgIpc) is 2.18. The number of nitro benzene ring substituents is 1. The Balaban J connectivity index is 2.99. The summed E-state index contributed by atoms with van der Waals surface area (Å²) in [5, 5.41) is 10.2. The second-order valence-corrected chi connectivity index (χ2v) is 3.40. The van der Waals surface area contributed by atoms with Gasteiger partial charge in [0.05, 0.1) is 9.35 Å². The monoisotopic (exact) mass is 313 g/mol. The summed E-state index contributed by atoms with van der Waals surface area (Å²) in [4.78, 5) is 9.63. The molecule has 0 aliphatic carbocycles. The van der Waals surface area contributed by atoms with E-state index in [1.807, 2.05) is 0 Å². The van der Waals surface area contributed by atoms with Gasteiger partial charge in [0.15, 0.2) is 0 Å². The van der Waals surface area contributed by atoms with Crippen molar-refractivity contribution >= 4 is 28.3 Å². The molecule has 0 saturated heterocycles. The molecule has 0 saturated carbocycles. The SMILES string of the molecule is O=[N+]([O-])c1ccc(C(F)(F)CI)cc1. The van der Waals surface area contributed by atoms with E-state index in [0.717, 1.165) is 24.3 Å². The zero-order chi connectivity index (χ0) is 10.8. The fraction of sp³-hybridized carbons (Fsp3) is 0.250. The molecule has 6 heteroatoms. The Hall–Kier alpha value is -0.790. The van der Waals surface area contributed by atoms with E-state index < -0.39 is 10.8 Å². The van der Waals surface area contributed by atoms with Gasteiger partial charge in [-0.25, -0.2) is 8.78 Å². The Morgan fingerprint density at radius 1 is 1.36 bits per heavy atom. The molecule has 0 unspecified atom stereocenters. The minimum Gasteiger partial charge on any atom is -0.258 e. The number of benzene rings is 1. The van der Waals surface area contributed by atoms with Crippen molar-refractivity contribution in [1.82, 2.24) is 0 Å². The second-order valence-electron chi connectivity index (χ2n) is 2.64. The fourth-order valence-electron chi connectivity index (χ4n) is 0.904. The van der Waals surface area contributed by atoms with E-state index in [0.29, 0.717) is 0 Å². The average molecular weight is 313 g/mol. The van der Waals surface area contributed by atoms with Gasteiger partial charge in [0.2, 0.25) is 0 Å². The van der Waals surface area contributed by atoms with Crippen LogP contribution >= 0.6 is 22.6 Å². The lowest BCUT2D eigenvalue weighted by molar-refractivity contribution is -0.384. The van der Waals surface area contributed by atoms with Crippen molar-refractivity contribution in [1.29, 1.82) is 0 Å². The highest BCUT2D eigenvalue weighted by Gasteiger charge is 2.30. The molecule has 76 valence electrons. The van der Waals surface area contributed by atoms with E-state index >= 15 is 0 Å². The van der Waals surface area contributed by atoms with Crippen LogP contribution in [0.4, 0.5) is 14.5 Å². The summed E-state index contributed by atoms with van der Waals surface area (Å²) in [6.45, 7) is 0. The van der Waals surface area contributed by atoms with Gasteiger partial charge in [-0.15, -0.1) is 0 Å². The highest BCUT2D eigenvalue weighted by molar-refractivity contribution is 14.1. The molecule has 14 heavy (non-hydrogen) atoms. The summed E-state index contributed by atoms with van der Waals surface area (Å²) < 4.78 is 25.7. The highest BCUT2D eigenvalue weighted by atomic mass is 127. The number of hydrogen-bond donors (Lipinski definition) is 0. The molecular formula is C8H6F2INO2. The molecule has 0 aliphatic heterocycles. The van der Waals surface area contributed by atoms with Gasteiger partial charge in [0.1, 0.15) is 0 Å². The topological polar surface area (TPSA) is 43.1 Å². The fourth-order valence-corrected chi connectivity index (χ4v) is 1.34. The first-order chi connectivity index (χ1) is 6.47. The smallest absolute Gasteiger partial charge is 0.258 e. The van der Waals surface area contributed by atoms with E-state index in [1.165, 1.54) is 0 Å². The molecule has 0 atom stereocenters. The number of rotatable bonds is 3. The molecule has 0 fully saturated rings. The third kappa shape index (κ3) is 2.37. The van der Waals surface area contributed by atoms with Gasteiger partial charge in [-0.05, 0) is 12.1 Å². The Bertz CT molecular complexity index is 340. The number of hydrogen-bond acceptors (Lipinski definition) is 2. The molecule has 0 aliphatic rings. The van der Waals surface area contributed by atoms with Crippen molar-refractivity contribution in [2.45, 2.75) is 5.92 Å². The van der Waals surface area contributed by atoms with Crippen molar-refractivity contribution in [2.24, 2.45) is 0 Å². The predicted octanol–water partition coefficient (Wildman–Crippen LogP) is 3.12. The maximum Gasteiger partial charge on any atom is 0.282 e. The first-order valence-electron chi connectivity index (χ1n) is 3.66. The molecule has 0 radical (unpaired) electrons. The summed E-state index contributed by atoms with van der Waals surface area (Å²) in [5.41, 5.74) is -0.379. The summed E-state index contributed by atoms with van der Waals surface area (Å²) in [7, 11) is 0. The van der Waals surface area contributed by atoms with Crippen molar-refractivity contribution in [3.8, 4) is 0 Å². The molecule has 0 aromatic heterocycles. The van der Waals surface area contributed by atoms with Crippen LogP contribution in [0.5, 0.6) is 0 Å². The lowest BCUT2D eigenvalue weighted by Gasteiger charge is -2.12. The van der Waals surface area contributed by atoms with Crippen LogP contribution in [0.2, 0.25) is 0 Å². The molecule has 0 amide bonds. The number of nitro groups is 1. The van der Waals surface area contributed by atoms with Crippen LogP contribution in [0.15, 0.2) is 24.3 Å². The summed E-state index contributed by atoms with van der Waals surface area (Å²) in [6.07, 6.45) is 0. The Labute approximate surface area is 92.4 Å². The first kappa shape index (κ1) is 11.3. The van der Waals surface area contributed by atoms with E-state index in [4.69, 9.17) is 0 Å². The van der Waals surface area contributed by atoms with E-state index in [1.54, 1.807) is 22.6 Å². The summed E-state index contributed by atoms with van der Waals surface area (Å²) in [6, 6.07) is 4.32. The Morgan fingerprint density at radius 2 is 1.86 bits per heavy atom. The standard InChI is InChI=1S/C8H6F2INO2/c9-8(10,5-11)6-1-3-7(4-2-6)12(13)14/h1-4H,5H2. The number of non-ortho nitro benzene ring substituents is 1. The van der Waals surface area contributed by atoms with Gasteiger partial charge in [-0.3, -0.25) is 10.1 Å². The summed E-state index contributed by atoms with van der Waals surface area (Å²) >= 11 is 1.57. The van der Waals surface area contributed by atoms with Crippen molar-refractivity contribution in [3.63, 3.8) is 0 Å². The zero-order valence-electron chi connectivity index (χ0n) is 6.91. The minimum atomic E-state index is -2.92. The molecule has 0 bridgehead atoms. The third-order valence-corrected chi connectivity index (χ3v) is 2.63. The summed E-state index contributed by atoms with van der Waals surface area (Å²) in [5.74, 6) is -2.92. The highest BCUT2D eigenvalue weighted by Crippen LogP contribution is 2.30. The Kier molecular flexibility index (Phi) is 3.35. The zero-order valence-corrected chi connectivity index (χ0v) is 9.07. The van der Waals surface area contributed by atoms with E-state index in [9.17, 15) is 18.9 Å². The van der Waals surface area contributed by atoms with E-state index in [-0.39, 0.29) is 15.7 Å². The maximum atomic E-state index is 13.0. The number of nitrogens with zero attached hydrogens (tertiary/aromatic N) is 1. The van der Waals surface area contributed by atoms with Crippen LogP contribution in [0.3, 0.4) is 0 Å². The van der Waals surface area contributed by atoms with Gasteiger partial charge in [-0.1, -0.05) is 22.6 Å². The second kappa shape index (κ2) is 4.16. The largest absolute Gasteiger partial charge is 0.282 e. The number of alkyl halides is 3. The first-order valence-corrected chi connectivity index (χ1v) is 5.18. The third-order valence-electron chi connectivity index (χ3n) is 1.67. The van der Waals surface area contributed by atoms with Gasteiger partial charge >= 0.3 is 0 Å². The number of halogens is 3.